The van der Waals surface area contributed by atoms with Crippen LogP contribution >= 0.6 is 0 Å². The zero-order chi connectivity index (χ0) is 16.4. The van der Waals surface area contributed by atoms with E-state index >= 15 is 0 Å². The molecule has 0 bridgehead atoms. The number of aryl methyl sites for hydroxylation is 1. The highest BCUT2D eigenvalue weighted by Gasteiger charge is 2.30. The van der Waals surface area contributed by atoms with Gasteiger partial charge in [0.05, 0.1) is 11.6 Å². The van der Waals surface area contributed by atoms with Crippen LogP contribution in [0.2, 0.25) is 0 Å². The second-order valence-electron chi connectivity index (χ2n) is 5.82. The van der Waals surface area contributed by atoms with Crippen molar-refractivity contribution < 1.29 is 8.91 Å². The van der Waals surface area contributed by atoms with E-state index in [-0.39, 0.29) is 11.9 Å². The fourth-order valence-corrected chi connectivity index (χ4v) is 2.83. The number of piperazine rings is 1. The van der Waals surface area contributed by atoms with Crippen molar-refractivity contribution in [3.63, 3.8) is 0 Å². The average molecular weight is 315 g/mol. The maximum absolute atomic E-state index is 13.5. The normalized spacial score (nSPS) is 19.7. The predicted molar refractivity (Wildman–Crippen MR) is 80.8 cm³/mol. The molecule has 7 heteroatoms. The number of hydrogen-bond acceptors (Lipinski definition) is 6. The Kier molecular flexibility index (Phi) is 4.37. The first-order valence-corrected chi connectivity index (χ1v) is 7.48. The van der Waals surface area contributed by atoms with Gasteiger partial charge in [-0.15, -0.1) is 0 Å². The number of nitriles is 1. The van der Waals surface area contributed by atoms with Crippen LogP contribution in [0.25, 0.3) is 0 Å². The molecule has 1 saturated heterocycles. The molecule has 120 valence electrons. The Labute approximate surface area is 134 Å². The lowest BCUT2D eigenvalue weighted by atomic mass is 10.1. The van der Waals surface area contributed by atoms with E-state index < -0.39 is 0 Å². The highest BCUT2D eigenvalue weighted by atomic mass is 19.1. The highest BCUT2D eigenvalue weighted by molar-refractivity contribution is 5.37. The quantitative estimate of drug-likeness (QED) is 0.861. The first-order valence-electron chi connectivity index (χ1n) is 7.48. The Morgan fingerprint density at radius 2 is 2.26 bits per heavy atom. The Morgan fingerprint density at radius 3 is 2.96 bits per heavy atom. The van der Waals surface area contributed by atoms with Gasteiger partial charge in [-0.25, -0.2) is 4.39 Å². The lowest BCUT2D eigenvalue weighted by Crippen LogP contribution is -2.46. The van der Waals surface area contributed by atoms with Crippen molar-refractivity contribution in [1.29, 1.82) is 5.26 Å². The van der Waals surface area contributed by atoms with Crippen LogP contribution in [0, 0.1) is 24.1 Å². The van der Waals surface area contributed by atoms with Crippen LogP contribution in [-0.2, 0) is 6.54 Å². The molecule has 0 unspecified atom stereocenters. The molecule has 0 amide bonds. The molecule has 1 aliphatic heterocycles. The molecule has 0 radical (unpaired) electrons. The van der Waals surface area contributed by atoms with Crippen LogP contribution in [0.1, 0.15) is 28.9 Å². The minimum Gasteiger partial charge on any atom is -0.338 e. The van der Waals surface area contributed by atoms with Gasteiger partial charge in [0.1, 0.15) is 11.9 Å². The second-order valence-corrected chi connectivity index (χ2v) is 5.82. The molecule has 0 aliphatic carbocycles. The summed E-state index contributed by atoms with van der Waals surface area (Å²) in [5, 5.41) is 13.0. The van der Waals surface area contributed by atoms with Crippen molar-refractivity contribution in [3.05, 3.63) is 46.9 Å². The summed E-state index contributed by atoms with van der Waals surface area (Å²) in [5.74, 6) is 0.883. The second kappa shape index (κ2) is 6.44. The number of likely N-dealkylation sites (N-methyl/N-ethyl adjacent to an activating group) is 1. The van der Waals surface area contributed by atoms with Crippen molar-refractivity contribution in [2.24, 2.45) is 0 Å². The largest absolute Gasteiger partial charge is 0.338 e. The summed E-state index contributed by atoms with van der Waals surface area (Å²) in [6.45, 7) is 4.68. The van der Waals surface area contributed by atoms with Crippen LogP contribution in [-0.4, -0.2) is 46.6 Å². The Morgan fingerprint density at radius 1 is 1.43 bits per heavy atom. The maximum Gasteiger partial charge on any atom is 0.245 e. The Balaban J connectivity index is 1.77. The number of aromatic nitrogens is 2. The van der Waals surface area contributed by atoms with E-state index in [9.17, 15) is 9.65 Å². The highest BCUT2D eigenvalue weighted by Crippen LogP contribution is 2.24. The Bertz CT molecular complexity index is 738. The maximum atomic E-state index is 13.5. The van der Waals surface area contributed by atoms with Gasteiger partial charge in [-0.1, -0.05) is 5.16 Å². The fraction of sp³-hybridized carbons (Fsp3) is 0.438. The van der Waals surface area contributed by atoms with Gasteiger partial charge in [-0.05, 0) is 37.7 Å². The van der Waals surface area contributed by atoms with Crippen LogP contribution in [0.3, 0.4) is 0 Å². The summed E-state index contributed by atoms with van der Waals surface area (Å²) in [7, 11) is 2.02. The molecule has 1 fully saturated rings. The number of halogens is 1. The van der Waals surface area contributed by atoms with Gasteiger partial charge in [0.25, 0.3) is 0 Å². The van der Waals surface area contributed by atoms with Crippen molar-refractivity contribution >= 4 is 0 Å². The number of hydrogen-bond donors (Lipinski definition) is 0. The van der Waals surface area contributed by atoms with Crippen molar-refractivity contribution in [1.82, 2.24) is 19.9 Å². The van der Waals surface area contributed by atoms with E-state index in [1.165, 1.54) is 18.2 Å². The van der Waals surface area contributed by atoms with E-state index in [1.807, 2.05) is 7.05 Å². The van der Waals surface area contributed by atoms with Crippen LogP contribution < -0.4 is 0 Å². The minimum atomic E-state index is -0.322. The van der Waals surface area contributed by atoms with Crippen LogP contribution in [0.4, 0.5) is 4.39 Å². The molecular weight excluding hydrogens is 297 g/mol. The molecule has 1 aromatic heterocycles. The molecule has 1 aromatic carbocycles. The van der Waals surface area contributed by atoms with Gasteiger partial charge in [-0.2, -0.15) is 10.2 Å². The summed E-state index contributed by atoms with van der Waals surface area (Å²) in [6.07, 6.45) is 0. The van der Waals surface area contributed by atoms with Gasteiger partial charge in [-0.3, -0.25) is 9.80 Å². The molecule has 3 rings (SSSR count). The van der Waals surface area contributed by atoms with Crippen LogP contribution in [0.5, 0.6) is 0 Å². The summed E-state index contributed by atoms with van der Waals surface area (Å²) in [5.41, 5.74) is 1.22. The predicted octanol–water partition coefficient (Wildman–Crippen LogP) is 1.88. The lowest BCUT2D eigenvalue weighted by molar-refractivity contribution is 0.0714. The summed E-state index contributed by atoms with van der Waals surface area (Å²) >= 11 is 0. The number of rotatable bonds is 3. The van der Waals surface area contributed by atoms with E-state index in [0.29, 0.717) is 35.9 Å². The van der Waals surface area contributed by atoms with Gasteiger partial charge in [0, 0.05) is 26.2 Å². The molecule has 23 heavy (non-hydrogen) atoms. The lowest BCUT2D eigenvalue weighted by Gasteiger charge is -2.37. The van der Waals surface area contributed by atoms with Gasteiger partial charge in [0.15, 0.2) is 5.82 Å². The van der Waals surface area contributed by atoms with E-state index in [2.05, 4.69) is 26.0 Å². The third kappa shape index (κ3) is 3.38. The van der Waals surface area contributed by atoms with Crippen molar-refractivity contribution in [3.8, 4) is 6.07 Å². The first kappa shape index (κ1) is 15.6. The molecule has 0 spiro atoms. The Hall–Kier alpha value is -2.30. The zero-order valence-corrected chi connectivity index (χ0v) is 13.2. The molecule has 1 atom stereocenters. The number of nitrogens with zero attached hydrogens (tertiary/aromatic N) is 5. The van der Waals surface area contributed by atoms with Gasteiger partial charge < -0.3 is 4.52 Å². The zero-order valence-electron chi connectivity index (χ0n) is 13.2. The van der Waals surface area contributed by atoms with E-state index in [1.54, 1.807) is 6.92 Å². The molecule has 0 saturated carbocycles. The third-order valence-corrected chi connectivity index (χ3v) is 4.14. The fourth-order valence-electron chi connectivity index (χ4n) is 2.83. The van der Waals surface area contributed by atoms with E-state index in [0.717, 1.165) is 13.1 Å². The molecule has 2 heterocycles. The van der Waals surface area contributed by atoms with Gasteiger partial charge >= 0.3 is 0 Å². The van der Waals surface area contributed by atoms with E-state index in [4.69, 9.17) is 4.52 Å². The molecule has 1 aliphatic rings. The summed E-state index contributed by atoms with van der Waals surface area (Å²) in [4.78, 5) is 8.66. The number of benzene rings is 1. The van der Waals surface area contributed by atoms with Crippen molar-refractivity contribution in [2.45, 2.75) is 19.5 Å². The smallest absolute Gasteiger partial charge is 0.245 e. The molecular formula is C16H18FN5O. The molecule has 0 N–H and O–H groups in total. The summed E-state index contributed by atoms with van der Waals surface area (Å²) < 4.78 is 18.8. The van der Waals surface area contributed by atoms with Gasteiger partial charge in [0.2, 0.25) is 5.89 Å². The van der Waals surface area contributed by atoms with Crippen LogP contribution in [0.15, 0.2) is 22.7 Å². The standard InChI is InChI=1S/C16H18FN5O/c1-11-19-16(23-20-11)15-10-22(6-5-21(15)2)9-13-7-14(17)4-3-12(13)8-18/h3-4,7,15H,5-6,9-10H2,1-2H3/t15-/m1/s1. The molecule has 6 nitrogen and oxygen atoms in total. The third-order valence-electron chi connectivity index (χ3n) is 4.14. The first-order chi connectivity index (χ1) is 11.1. The average Bonchev–Trinajstić information content (AvgIpc) is 2.96. The van der Waals surface area contributed by atoms with Crippen molar-refractivity contribution in [2.75, 3.05) is 26.7 Å². The topological polar surface area (TPSA) is 69.2 Å². The monoisotopic (exact) mass is 315 g/mol. The SMILES string of the molecule is Cc1noc([C@H]2CN(Cc3cc(F)ccc3C#N)CCN2C)n1. The minimum absolute atomic E-state index is 0.00375. The summed E-state index contributed by atoms with van der Waals surface area (Å²) in [6, 6.07) is 6.40. The molecule has 2 aromatic rings.